The minimum Gasteiger partial charge on any atom is -0.340 e. The van der Waals surface area contributed by atoms with E-state index in [9.17, 15) is 4.79 Å². The van der Waals surface area contributed by atoms with Crippen LogP contribution >= 0.6 is 11.8 Å². The molecule has 1 saturated heterocycles. The van der Waals surface area contributed by atoms with Crippen molar-refractivity contribution >= 4 is 17.7 Å². The monoisotopic (exact) mass is 262 g/mol. The summed E-state index contributed by atoms with van der Waals surface area (Å²) in [6.07, 6.45) is 2.01. The molecule has 1 fully saturated rings. The normalized spacial score (nSPS) is 27.1. The van der Waals surface area contributed by atoms with Crippen LogP contribution in [-0.2, 0) is 11.2 Å². The van der Waals surface area contributed by atoms with Gasteiger partial charge in [0, 0.05) is 19.1 Å². The van der Waals surface area contributed by atoms with Crippen LogP contribution in [0.5, 0.6) is 0 Å². The van der Waals surface area contributed by atoms with E-state index in [0.717, 1.165) is 31.7 Å². The van der Waals surface area contributed by atoms with Crippen LogP contribution in [-0.4, -0.2) is 35.7 Å². The number of rotatable bonds is 1. The van der Waals surface area contributed by atoms with E-state index in [0.29, 0.717) is 0 Å². The smallest absolute Gasteiger partial charge is 0.240 e. The Morgan fingerprint density at radius 1 is 1.39 bits per heavy atom. The largest absolute Gasteiger partial charge is 0.340 e. The molecule has 2 aliphatic heterocycles. The molecule has 4 heteroatoms. The number of nitrogens with two attached hydrogens (primary N) is 1. The van der Waals surface area contributed by atoms with Gasteiger partial charge < -0.3 is 10.6 Å². The van der Waals surface area contributed by atoms with Crippen LogP contribution in [0.2, 0.25) is 0 Å². The highest BCUT2D eigenvalue weighted by atomic mass is 32.2. The van der Waals surface area contributed by atoms with E-state index in [1.165, 1.54) is 11.1 Å². The summed E-state index contributed by atoms with van der Waals surface area (Å²) in [4.78, 5) is 14.5. The summed E-state index contributed by atoms with van der Waals surface area (Å²) in [6, 6.07) is 8.49. The van der Waals surface area contributed by atoms with Gasteiger partial charge in [-0.1, -0.05) is 24.3 Å². The highest BCUT2D eigenvalue weighted by Crippen LogP contribution is 2.38. The molecule has 0 aromatic heterocycles. The molecule has 0 spiro atoms. The topological polar surface area (TPSA) is 46.3 Å². The summed E-state index contributed by atoms with van der Waals surface area (Å²) in [5.74, 6) is 1.29. The number of carbonyl (C=O) groups excluding carboxylic acids is 1. The van der Waals surface area contributed by atoms with Crippen molar-refractivity contribution in [1.82, 2.24) is 4.90 Å². The maximum Gasteiger partial charge on any atom is 0.240 e. The fourth-order valence-electron chi connectivity index (χ4n) is 2.75. The Morgan fingerprint density at radius 3 is 3.00 bits per heavy atom. The second kappa shape index (κ2) is 4.94. The van der Waals surface area contributed by atoms with Crippen molar-refractivity contribution in [3.05, 3.63) is 35.4 Å². The standard InChI is InChI=1S/C14H18N2OS/c15-11-5-7-16(9-11)14(17)13-12-4-2-1-3-10(12)6-8-18-13/h1-4,11,13H,5-9,15H2/t11-,13?/m1/s1. The van der Waals surface area contributed by atoms with Gasteiger partial charge in [0.25, 0.3) is 0 Å². The second-order valence-corrected chi connectivity index (χ2v) is 6.25. The van der Waals surface area contributed by atoms with Crippen molar-refractivity contribution in [3.8, 4) is 0 Å². The zero-order valence-corrected chi connectivity index (χ0v) is 11.2. The first-order valence-corrected chi connectivity index (χ1v) is 7.54. The van der Waals surface area contributed by atoms with E-state index >= 15 is 0 Å². The van der Waals surface area contributed by atoms with Crippen molar-refractivity contribution in [3.63, 3.8) is 0 Å². The van der Waals surface area contributed by atoms with Crippen molar-refractivity contribution in [2.45, 2.75) is 24.1 Å². The molecule has 2 aliphatic rings. The lowest BCUT2D eigenvalue weighted by molar-refractivity contribution is -0.129. The number of carbonyl (C=O) groups is 1. The Morgan fingerprint density at radius 2 is 2.22 bits per heavy atom. The van der Waals surface area contributed by atoms with Gasteiger partial charge in [-0.2, -0.15) is 0 Å². The van der Waals surface area contributed by atoms with E-state index in [4.69, 9.17) is 5.73 Å². The number of benzene rings is 1. The zero-order valence-electron chi connectivity index (χ0n) is 10.3. The minimum atomic E-state index is -0.0137. The van der Waals surface area contributed by atoms with E-state index in [2.05, 4.69) is 18.2 Å². The predicted octanol–water partition coefficient (Wildman–Crippen LogP) is 1.58. The van der Waals surface area contributed by atoms with Gasteiger partial charge in [0.15, 0.2) is 0 Å². The van der Waals surface area contributed by atoms with Crippen molar-refractivity contribution in [1.29, 1.82) is 0 Å². The molecule has 0 bridgehead atoms. The summed E-state index contributed by atoms with van der Waals surface area (Å²) >= 11 is 1.77. The fraction of sp³-hybridized carbons (Fsp3) is 0.500. The number of hydrogen-bond donors (Lipinski definition) is 1. The molecule has 2 N–H and O–H groups in total. The van der Waals surface area contributed by atoms with E-state index in [1.54, 1.807) is 11.8 Å². The van der Waals surface area contributed by atoms with Gasteiger partial charge >= 0.3 is 0 Å². The van der Waals surface area contributed by atoms with Crippen molar-refractivity contribution in [2.75, 3.05) is 18.8 Å². The van der Waals surface area contributed by atoms with Gasteiger partial charge in [0.1, 0.15) is 5.25 Å². The number of aryl methyl sites for hydroxylation is 1. The molecule has 0 saturated carbocycles. The van der Waals surface area contributed by atoms with Gasteiger partial charge in [-0.3, -0.25) is 4.79 Å². The molecule has 1 unspecified atom stereocenters. The van der Waals surface area contributed by atoms with Crippen LogP contribution in [0, 0.1) is 0 Å². The van der Waals surface area contributed by atoms with Crippen LogP contribution < -0.4 is 5.73 Å². The van der Waals surface area contributed by atoms with Gasteiger partial charge in [0.05, 0.1) is 0 Å². The summed E-state index contributed by atoms with van der Waals surface area (Å²) in [5, 5.41) is -0.0137. The molecule has 3 rings (SSSR count). The highest BCUT2D eigenvalue weighted by Gasteiger charge is 2.33. The lowest BCUT2D eigenvalue weighted by Crippen LogP contribution is -2.35. The van der Waals surface area contributed by atoms with Gasteiger partial charge in [-0.25, -0.2) is 0 Å². The quantitative estimate of drug-likeness (QED) is 0.836. The first kappa shape index (κ1) is 12.1. The third kappa shape index (κ3) is 2.15. The van der Waals surface area contributed by atoms with Gasteiger partial charge in [0.2, 0.25) is 5.91 Å². The molecule has 96 valence electrons. The van der Waals surface area contributed by atoms with Gasteiger partial charge in [-0.15, -0.1) is 11.8 Å². The average molecular weight is 262 g/mol. The highest BCUT2D eigenvalue weighted by molar-refractivity contribution is 8.00. The first-order chi connectivity index (χ1) is 8.75. The summed E-state index contributed by atoms with van der Waals surface area (Å²) in [5.41, 5.74) is 8.43. The Balaban J connectivity index is 1.83. The maximum atomic E-state index is 12.6. The molecule has 1 aromatic carbocycles. The molecule has 1 amide bonds. The maximum absolute atomic E-state index is 12.6. The second-order valence-electron chi connectivity index (χ2n) is 5.03. The van der Waals surface area contributed by atoms with E-state index < -0.39 is 0 Å². The zero-order chi connectivity index (χ0) is 12.5. The molecular formula is C14H18N2OS. The number of amides is 1. The Kier molecular flexibility index (Phi) is 3.31. The Labute approximate surface area is 112 Å². The molecular weight excluding hydrogens is 244 g/mol. The van der Waals surface area contributed by atoms with Crippen LogP contribution in [0.25, 0.3) is 0 Å². The van der Waals surface area contributed by atoms with Crippen LogP contribution in [0.1, 0.15) is 22.8 Å². The minimum absolute atomic E-state index is 0.0137. The number of thioether (sulfide) groups is 1. The van der Waals surface area contributed by atoms with E-state index in [-0.39, 0.29) is 17.2 Å². The summed E-state index contributed by atoms with van der Waals surface area (Å²) in [7, 11) is 0. The Bertz CT molecular complexity index is 463. The molecule has 0 aliphatic carbocycles. The molecule has 2 atom stereocenters. The number of hydrogen-bond acceptors (Lipinski definition) is 3. The third-order valence-corrected chi connectivity index (χ3v) is 4.98. The number of nitrogens with zero attached hydrogens (tertiary/aromatic N) is 1. The lowest BCUT2D eigenvalue weighted by Gasteiger charge is -2.28. The van der Waals surface area contributed by atoms with Crippen molar-refractivity contribution in [2.24, 2.45) is 5.73 Å². The number of likely N-dealkylation sites (tertiary alicyclic amines) is 1. The first-order valence-electron chi connectivity index (χ1n) is 6.49. The molecule has 3 nitrogen and oxygen atoms in total. The Hall–Kier alpha value is -1.00. The molecule has 1 aromatic rings. The molecule has 0 radical (unpaired) electrons. The van der Waals surface area contributed by atoms with Crippen molar-refractivity contribution < 1.29 is 4.79 Å². The lowest BCUT2D eigenvalue weighted by atomic mass is 10.0. The summed E-state index contributed by atoms with van der Waals surface area (Å²) < 4.78 is 0. The van der Waals surface area contributed by atoms with Crippen LogP contribution in [0.15, 0.2) is 24.3 Å². The molecule has 18 heavy (non-hydrogen) atoms. The fourth-order valence-corrected chi connectivity index (χ4v) is 4.03. The third-order valence-electron chi connectivity index (χ3n) is 3.75. The number of fused-ring (bicyclic) bond motifs is 1. The van der Waals surface area contributed by atoms with Gasteiger partial charge in [-0.05, 0) is 29.7 Å². The summed E-state index contributed by atoms with van der Waals surface area (Å²) in [6.45, 7) is 1.54. The SMILES string of the molecule is N[C@@H]1CCN(C(=O)C2SCCc3ccccc32)C1. The van der Waals surface area contributed by atoms with E-state index in [1.807, 2.05) is 11.0 Å². The van der Waals surface area contributed by atoms with Crippen LogP contribution in [0.4, 0.5) is 0 Å². The average Bonchev–Trinajstić information content (AvgIpc) is 2.84. The van der Waals surface area contributed by atoms with Crippen LogP contribution in [0.3, 0.4) is 0 Å². The molecule has 2 heterocycles. The predicted molar refractivity (Wildman–Crippen MR) is 74.5 cm³/mol.